The first-order valence-electron chi connectivity index (χ1n) is 13.4. The zero-order valence-corrected chi connectivity index (χ0v) is 25.0. The van der Waals surface area contributed by atoms with Crippen molar-refractivity contribution < 1.29 is 23.9 Å². The molecule has 0 saturated heterocycles. The van der Waals surface area contributed by atoms with Crippen molar-refractivity contribution in [2.24, 2.45) is 5.92 Å². The first-order chi connectivity index (χ1) is 19.0. The number of benzene rings is 2. The second kappa shape index (κ2) is 13.7. The van der Waals surface area contributed by atoms with Crippen molar-refractivity contribution in [1.82, 2.24) is 10.2 Å². The van der Waals surface area contributed by atoms with Crippen molar-refractivity contribution >= 4 is 41.4 Å². The molecule has 4 unspecified atom stereocenters. The number of nitrogens with zero attached hydrogens (tertiary/aromatic N) is 1. The van der Waals surface area contributed by atoms with Crippen molar-refractivity contribution in [3.63, 3.8) is 0 Å². The molecule has 8 nitrogen and oxygen atoms in total. The number of ether oxygens (including phenoxy) is 2. The monoisotopic (exact) mass is 567 g/mol. The van der Waals surface area contributed by atoms with Crippen LogP contribution in [0.5, 0.6) is 5.75 Å². The summed E-state index contributed by atoms with van der Waals surface area (Å²) in [6.07, 6.45) is 4.15. The van der Waals surface area contributed by atoms with E-state index in [1.807, 2.05) is 30.5 Å². The smallest absolute Gasteiger partial charge is 0.408 e. The summed E-state index contributed by atoms with van der Waals surface area (Å²) in [4.78, 5) is 42.7. The summed E-state index contributed by atoms with van der Waals surface area (Å²) in [7, 11) is 1.58. The molecule has 2 aromatic rings. The molecule has 40 heavy (non-hydrogen) atoms. The van der Waals surface area contributed by atoms with Crippen LogP contribution in [-0.2, 0) is 14.3 Å². The zero-order chi connectivity index (χ0) is 29.4. The third-order valence-electron chi connectivity index (χ3n) is 6.62. The molecule has 3 rings (SSSR count). The van der Waals surface area contributed by atoms with E-state index in [-0.39, 0.29) is 23.8 Å². The van der Waals surface area contributed by atoms with E-state index < -0.39 is 23.8 Å². The molecule has 216 valence electrons. The molecule has 1 aliphatic carbocycles. The van der Waals surface area contributed by atoms with Crippen molar-refractivity contribution in [1.29, 1.82) is 0 Å². The maximum absolute atomic E-state index is 14.3. The molecule has 2 aromatic carbocycles. The van der Waals surface area contributed by atoms with Crippen LogP contribution in [0.15, 0.2) is 55.1 Å². The summed E-state index contributed by atoms with van der Waals surface area (Å²) in [5.74, 6) is 0.870. The number of carbonyl (C=O) groups excluding carboxylic acids is 3. The molecule has 0 aliphatic heterocycles. The van der Waals surface area contributed by atoms with Gasteiger partial charge in [0.25, 0.3) is 5.91 Å². The molecule has 4 atom stereocenters. The molecule has 9 heteroatoms. The van der Waals surface area contributed by atoms with Gasteiger partial charge in [-0.15, -0.1) is 0 Å². The van der Waals surface area contributed by atoms with E-state index in [0.29, 0.717) is 29.2 Å². The van der Waals surface area contributed by atoms with E-state index in [0.717, 1.165) is 12.0 Å². The van der Waals surface area contributed by atoms with E-state index in [9.17, 15) is 14.4 Å². The van der Waals surface area contributed by atoms with Crippen LogP contribution >= 0.6 is 11.8 Å². The van der Waals surface area contributed by atoms with Crippen molar-refractivity contribution in [3.8, 4) is 5.75 Å². The lowest BCUT2D eigenvalue weighted by atomic mass is 9.99. The Labute approximate surface area is 241 Å². The predicted octanol–water partition coefficient (Wildman–Crippen LogP) is 5.90. The highest BCUT2D eigenvalue weighted by Gasteiger charge is 2.48. The first-order valence-corrected chi connectivity index (χ1v) is 14.8. The molecule has 1 saturated carbocycles. The van der Waals surface area contributed by atoms with Crippen LogP contribution in [0.4, 0.5) is 10.5 Å². The summed E-state index contributed by atoms with van der Waals surface area (Å²) in [5, 5.41) is 5.77. The van der Waals surface area contributed by atoms with Gasteiger partial charge in [0, 0.05) is 11.7 Å². The van der Waals surface area contributed by atoms with Crippen LogP contribution in [0, 0.1) is 5.92 Å². The number of rotatable bonds is 12. The highest BCUT2D eigenvalue weighted by atomic mass is 32.2. The number of carbonyl (C=O) groups is 3. The van der Waals surface area contributed by atoms with E-state index in [4.69, 9.17) is 9.47 Å². The minimum absolute atomic E-state index is 0.149. The molecule has 0 radical (unpaired) electrons. The summed E-state index contributed by atoms with van der Waals surface area (Å²) in [6.45, 7) is 11.2. The quantitative estimate of drug-likeness (QED) is 0.331. The maximum atomic E-state index is 14.3. The first kappa shape index (κ1) is 31.1. The molecule has 1 aliphatic rings. The number of methoxy groups -OCH3 is 1. The van der Waals surface area contributed by atoms with Crippen LogP contribution in [0.25, 0.3) is 6.08 Å². The van der Waals surface area contributed by atoms with Gasteiger partial charge in [-0.05, 0) is 93.0 Å². The lowest BCUT2D eigenvalue weighted by molar-refractivity contribution is -0.141. The average molecular weight is 568 g/mol. The largest absolute Gasteiger partial charge is 0.497 e. The van der Waals surface area contributed by atoms with Crippen LogP contribution in [0.1, 0.15) is 57.7 Å². The average Bonchev–Trinajstić information content (AvgIpc) is 3.63. The second-order valence-corrected chi connectivity index (χ2v) is 12.0. The summed E-state index contributed by atoms with van der Waals surface area (Å²) < 4.78 is 10.7. The fraction of sp³-hybridized carbons (Fsp3) is 0.452. The normalized spacial score (nSPS) is 17.6. The standard InChI is InChI=1S/C31H41N3O5S/c1-8-21-10-9-11-22(19-21)27(28(35)32-23-12-14-24(38-6)15-13-23)34(26-18-20(26)2)29(36)25(16-17-40-7)33-30(37)39-31(3,4)5/h8-15,19-20,25-27H,1,16-18H2,2-7H3,(H,32,35)(H,33,37). The van der Waals surface area contributed by atoms with Gasteiger partial charge in [0.2, 0.25) is 5.91 Å². The Hall–Kier alpha value is -3.46. The van der Waals surface area contributed by atoms with Crippen molar-refractivity contribution in [3.05, 3.63) is 66.2 Å². The van der Waals surface area contributed by atoms with Crippen molar-refractivity contribution in [2.75, 3.05) is 24.4 Å². The third kappa shape index (κ3) is 8.52. The van der Waals surface area contributed by atoms with Crippen LogP contribution in [0.2, 0.25) is 0 Å². The summed E-state index contributed by atoms with van der Waals surface area (Å²) in [6, 6.07) is 12.6. The minimum atomic E-state index is -0.929. The Morgan fingerprint density at radius 2 is 1.85 bits per heavy atom. The van der Waals surface area contributed by atoms with Gasteiger partial charge in [-0.1, -0.05) is 37.8 Å². The number of thioether (sulfide) groups is 1. The highest BCUT2D eigenvalue weighted by Crippen LogP contribution is 2.41. The molecular weight excluding hydrogens is 526 g/mol. The molecule has 0 heterocycles. The fourth-order valence-corrected chi connectivity index (χ4v) is 4.95. The number of hydrogen-bond donors (Lipinski definition) is 2. The van der Waals surface area contributed by atoms with E-state index in [1.54, 1.807) is 74.9 Å². The highest BCUT2D eigenvalue weighted by molar-refractivity contribution is 7.98. The minimum Gasteiger partial charge on any atom is -0.497 e. The SMILES string of the molecule is C=Cc1cccc(C(C(=O)Nc2ccc(OC)cc2)N(C(=O)C(CCSC)NC(=O)OC(C)(C)C)C2CC2C)c1. The van der Waals surface area contributed by atoms with Gasteiger partial charge in [-0.3, -0.25) is 9.59 Å². The Morgan fingerprint density at radius 1 is 1.18 bits per heavy atom. The Morgan fingerprint density at radius 3 is 2.40 bits per heavy atom. The zero-order valence-electron chi connectivity index (χ0n) is 24.2. The summed E-state index contributed by atoms with van der Waals surface area (Å²) >= 11 is 1.58. The van der Waals surface area contributed by atoms with Gasteiger partial charge >= 0.3 is 6.09 Å². The molecule has 3 amide bonds. The Kier molecular flexibility index (Phi) is 10.7. The van der Waals surface area contributed by atoms with Gasteiger partial charge in [0.15, 0.2) is 0 Å². The molecule has 0 spiro atoms. The lowest BCUT2D eigenvalue weighted by Gasteiger charge is -2.35. The number of alkyl carbamates (subject to hydrolysis) is 1. The Bertz CT molecular complexity index is 1190. The van der Waals surface area contributed by atoms with Gasteiger partial charge in [0.05, 0.1) is 7.11 Å². The molecule has 1 fully saturated rings. The Balaban J connectivity index is 2.02. The molecule has 0 aromatic heterocycles. The summed E-state index contributed by atoms with van der Waals surface area (Å²) in [5.41, 5.74) is 1.37. The van der Waals surface area contributed by atoms with E-state index in [1.165, 1.54) is 0 Å². The molecule has 0 bridgehead atoms. The van der Waals surface area contributed by atoms with Crippen LogP contribution in [-0.4, -0.2) is 59.6 Å². The molecule has 2 N–H and O–H groups in total. The topological polar surface area (TPSA) is 97.0 Å². The van der Waals surface area contributed by atoms with Crippen molar-refractivity contribution in [2.45, 2.75) is 64.3 Å². The number of nitrogens with one attached hydrogen (secondary N) is 2. The van der Waals surface area contributed by atoms with Gasteiger partial charge in [-0.25, -0.2) is 4.79 Å². The maximum Gasteiger partial charge on any atom is 0.408 e. The fourth-order valence-electron chi connectivity index (χ4n) is 4.47. The van der Waals surface area contributed by atoms with Crippen LogP contribution < -0.4 is 15.4 Å². The van der Waals surface area contributed by atoms with E-state index >= 15 is 0 Å². The third-order valence-corrected chi connectivity index (χ3v) is 7.27. The number of hydrogen-bond acceptors (Lipinski definition) is 6. The molecular formula is C31H41N3O5S. The van der Waals surface area contributed by atoms with E-state index in [2.05, 4.69) is 24.1 Å². The predicted molar refractivity (Wildman–Crippen MR) is 161 cm³/mol. The van der Waals surface area contributed by atoms with Crippen LogP contribution in [0.3, 0.4) is 0 Å². The lowest BCUT2D eigenvalue weighted by Crippen LogP contribution is -2.53. The number of anilines is 1. The van der Waals surface area contributed by atoms with Gasteiger partial charge < -0.3 is 25.0 Å². The second-order valence-electron chi connectivity index (χ2n) is 11.0. The van der Waals surface area contributed by atoms with Gasteiger partial charge in [0.1, 0.15) is 23.4 Å². The van der Waals surface area contributed by atoms with Gasteiger partial charge in [-0.2, -0.15) is 11.8 Å². The number of amides is 3.